The van der Waals surface area contributed by atoms with Crippen LogP contribution < -0.4 is 21.7 Å². The van der Waals surface area contributed by atoms with Crippen molar-refractivity contribution in [1.29, 1.82) is 0 Å². The predicted octanol–water partition coefficient (Wildman–Crippen LogP) is -0.820. The molecule has 1 unspecified atom stereocenters. The molecular formula is C20H21N7O5. The summed E-state index contributed by atoms with van der Waals surface area (Å²) in [5.74, 6) is -1.77. The molecule has 3 heterocycles. The molecule has 0 radical (unpaired) electrons. The van der Waals surface area contributed by atoms with Crippen LogP contribution in [-0.4, -0.2) is 56.8 Å². The standard InChI is InChI=1S/C20H21N7O5/c21-15(28)10-26-7-6-16(25-26)23-18(30)8-22-13-3-1-2-11-12(13)9-27(20(11)32)14-4-5-17(29)24-19(14)31/h1-3,6-7,14,22H,4-5,8-10H2,(H2,21,28)(H,23,25,30)(H,24,29,31). The molecule has 0 bridgehead atoms. The molecule has 2 aliphatic heterocycles. The van der Waals surface area contributed by atoms with E-state index in [4.69, 9.17) is 5.73 Å². The second-order valence-electron chi connectivity index (χ2n) is 7.50. The van der Waals surface area contributed by atoms with Crippen LogP contribution in [0.5, 0.6) is 0 Å². The fraction of sp³-hybridized carbons (Fsp3) is 0.300. The minimum absolute atomic E-state index is 0.0915. The quantitative estimate of drug-likeness (QED) is 0.409. The van der Waals surface area contributed by atoms with Crippen LogP contribution in [0.25, 0.3) is 0 Å². The monoisotopic (exact) mass is 439 g/mol. The highest BCUT2D eigenvalue weighted by Gasteiger charge is 2.39. The van der Waals surface area contributed by atoms with Crippen LogP contribution in [0, 0.1) is 0 Å². The first-order chi connectivity index (χ1) is 15.3. The number of nitrogens with zero attached hydrogens (tertiary/aromatic N) is 3. The second-order valence-corrected chi connectivity index (χ2v) is 7.50. The van der Waals surface area contributed by atoms with Gasteiger partial charge in [0.05, 0.1) is 6.54 Å². The number of carbonyl (C=O) groups excluding carboxylic acids is 5. The Morgan fingerprint density at radius 1 is 1.22 bits per heavy atom. The molecule has 2 aromatic rings. The molecule has 0 spiro atoms. The molecule has 0 aliphatic carbocycles. The molecule has 166 valence electrons. The molecule has 12 nitrogen and oxygen atoms in total. The van der Waals surface area contributed by atoms with Crippen LogP contribution in [0.15, 0.2) is 30.5 Å². The summed E-state index contributed by atoms with van der Waals surface area (Å²) in [5, 5.41) is 11.9. The van der Waals surface area contributed by atoms with Crippen LogP contribution in [0.1, 0.15) is 28.8 Å². The zero-order valence-electron chi connectivity index (χ0n) is 17.0. The van der Waals surface area contributed by atoms with Crippen molar-refractivity contribution in [2.24, 2.45) is 5.73 Å². The Morgan fingerprint density at radius 2 is 2.03 bits per heavy atom. The van der Waals surface area contributed by atoms with E-state index in [2.05, 4.69) is 21.0 Å². The lowest BCUT2D eigenvalue weighted by molar-refractivity contribution is -0.137. The lowest BCUT2D eigenvalue weighted by Crippen LogP contribution is -2.52. The summed E-state index contributed by atoms with van der Waals surface area (Å²) in [7, 11) is 0. The van der Waals surface area contributed by atoms with E-state index in [9.17, 15) is 24.0 Å². The summed E-state index contributed by atoms with van der Waals surface area (Å²) in [6.45, 7) is 0.0104. The smallest absolute Gasteiger partial charge is 0.255 e. The van der Waals surface area contributed by atoms with Crippen molar-refractivity contribution in [3.05, 3.63) is 41.6 Å². The third kappa shape index (κ3) is 4.29. The molecule has 1 saturated heterocycles. The molecule has 5 N–H and O–H groups in total. The van der Waals surface area contributed by atoms with E-state index in [1.54, 1.807) is 18.2 Å². The average Bonchev–Trinajstić information content (AvgIpc) is 3.30. The topological polar surface area (TPSA) is 169 Å². The van der Waals surface area contributed by atoms with Gasteiger partial charge in [-0.05, 0) is 18.6 Å². The van der Waals surface area contributed by atoms with Gasteiger partial charge in [-0.3, -0.25) is 34.0 Å². The second kappa shape index (κ2) is 8.49. The molecule has 1 aromatic carbocycles. The number of hydrogen-bond acceptors (Lipinski definition) is 7. The SMILES string of the molecule is NC(=O)Cn1ccc(NC(=O)CNc2cccc3c2CN(C2CCC(=O)NC2=O)C3=O)n1. The number of imide groups is 1. The maximum atomic E-state index is 12.8. The molecule has 1 aromatic heterocycles. The van der Waals surface area contributed by atoms with E-state index in [1.807, 2.05) is 0 Å². The van der Waals surface area contributed by atoms with Gasteiger partial charge in [-0.1, -0.05) is 6.07 Å². The Hall–Kier alpha value is -4.22. The molecular weight excluding hydrogens is 418 g/mol. The fourth-order valence-electron chi connectivity index (χ4n) is 3.79. The number of amides is 5. The van der Waals surface area contributed by atoms with Gasteiger partial charge < -0.3 is 21.3 Å². The molecule has 0 saturated carbocycles. The number of aromatic nitrogens is 2. The van der Waals surface area contributed by atoms with Crippen molar-refractivity contribution >= 4 is 41.0 Å². The van der Waals surface area contributed by atoms with Crippen molar-refractivity contribution in [3.8, 4) is 0 Å². The summed E-state index contributed by atoms with van der Waals surface area (Å²) in [6.07, 6.45) is 1.97. The molecule has 1 fully saturated rings. The van der Waals surface area contributed by atoms with Crippen LogP contribution in [0.4, 0.5) is 11.5 Å². The van der Waals surface area contributed by atoms with Gasteiger partial charge in [-0.15, -0.1) is 0 Å². The maximum Gasteiger partial charge on any atom is 0.255 e. The lowest BCUT2D eigenvalue weighted by atomic mass is 10.0. The molecule has 4 rings (SSSR count). The highest BCUT2D eigenvalue weighted by Crippen LogP contribution is 2.32. The molecule has 5 amide bonds. The highest BCUT2D eigenvalue weighted by molar-refractivity contribution is 6.06. The maximum absolute atomic E-state index is 12.8. The minimum Gasteiger partial charge on any atom is -0.376 e. The number of anilines is 2. The third-order valence-electron chi connectivity index (χ3n) is 5.25. The van der Waals surface area contributed by atoms with Crippen molar-refractivity contribution < 1.29 is 24.0 Å². The van der Waals surface area contributed by atoms with Gasteiger partial charge in [0, 0.05) is 42.0 Å². The third-order valence-corrected chi connectivity index (χ3v) is 5.25. The number of piperidine rings is 1. The van der Waals surface area contributed by atoms with Crippen LogP contribution in [0.3, 0.4) is 0 Å². The number of rotatable bonds is 7. The van der Waals surface area contributed by atoms with E-state index >= 15 is 0 Å². The van der Waals surface area contributed by atoms with E-state index in [-0.39, 0.29) is 56.0 Å². The minimum atomic E-state index is -0.709. The van der Waals surface area contributed by atoms with Crippen molar-refractivity contribution in [2.75, 3.05) is 17.2 Å². The van der Waals surface area contributed by atoms with E-state index in [1.165, 1.54) is 21.8 Å². The van der Waals surface area contributed by atoms with E-state index in [0.717, 1.165) is 0 Å². The van der Waals surface area contributed by atoms with Crippen molar-refractivity contribution in [3.63, 3.8) is 0 Å². The Labute approximate surface area is 182 Å². The first-order valence-electron chi connectivity index (χ1n) is 9.94. The number of fused-ring (bicyclic) bond motifs is 1. The Bertz CT molecular complexity index is 1130. The number of nitrogens with one attached hydrogen (secondary N) is 3. The Balaban J connectivity index is 1.40. The molecule has 1 atom stereocenters. The first-order valence-corrected chi connectivity index (χ1v) is 9.94. The summed E-state index contributed by atoms with van der Waals surface area (Å²) >= 11 is 0. The van der Waals surface area contributed by atoms with Gasteiger partial charge in [0.2, 0.25) is 23.6 Å². The predicted molar refractivity (Wildman–Crippen MR) is 111 cm³/mol. The van der Waals surface area contributed by atoms with Crippen LogP contribution in [-0.2, 0) is 32.3 Å². The summed E-state index contributed by atoms with van der Waals surface area (Å²) in [4.78, 5) is 61.1. The van der Waals surface area contributed by atoms with Crippen molar-refractivity contribution in [1.82, 2.24) is 20.0 Å². The number of hydrogen-bond donors (Lipinski definition) is 4. The number of carbonyl (C=O) groups is 5. The number of benzene rings is 1. The number of primary amides is 1. The van der Waals surface area contributed by atoms with Gasteiger partial charge >= 0.3 is 0 Å². The van der Waals surface area contributed by atoms with E-state index < -0.39 is 17.9 Å². The average molecular weight is 439 g/mol. The van der Waals surface area contributed by atoms with Crippen molar-refractivity contribution in [2.45, 2.75) is 32.0 Å². The lowest BCUT2D eigenvalue weighted by Gasteiger charge is -2.29. The van der Waals surface area contributed by atoms with Gasteiger partial charge in [0.1, 0.15) is 12.6 Å². The molecule has 2 aliphatic rings. The normalized spacial score (nSPS) is 17.7. The zero-order chi connectivity index (χ0) is 22.8. The Kier molecular flexibility index (Phi) is 5.58. The van der Waals surface area contributed by atoms with Gasteiger partial charge in [0.15, 0.2) is 5.82 Å². The number of nitrogens with two attached hydrogens (primary N) is 1. The molecule has 12 heteroatoms. The zero-order valence-corrected chi connectivity index (χ0v) is 17.0. The largest absolute Gasteiger partial charge is 0.376 e. The fourth-order valence-corrected chi connectivity index (χ4v) is 3.79. The van der Waals surface area contributed by atoms with Crippen LogP contribution >= 0.6 is 0 Å². The summed E-state index contributed by atoms with van der Waals surface area (Å²) in [5.41, 5.74) is 6.84. The summed E-state index contributed by atoms with van der Waals surface area (Å²) in [6, 6.07) is 5.93. The Morgan fingerprint density at radius 3 is 2.78 bits per heavy atom. The van der Waals surface area contributed by atoms with Gasteiger partial charge in [0.25, 0.3) is 5.91 Å². The molecule has 32 heavy (non-hydrogen) atoms. The highest BCUT2D eigenvalue weighted by atomic mass is 16.2. The van der Waals surface area contributed by atoms with Crippen LogP contribution in [0.2, 0.25) is 0 Å². The first kappa shape index (κ1) is 21.0. The van der Waals surface area contributed by atoms with E-state index in [0.29, 0.717) is 16.8 Å². The summed E-state index contributed by atoms with van der Waals surface area (Å²) < 4.78 is 1.31. The van der Waals surface area contributed by atoms with Gasteiger partial charge in [-0.2, -0.15) is 5.10 Å². The van der Waals surface area contributed by atoms with Gasteiger partial charge in [-0.25, -0.2) is 0 Å².